The molecule has 3 aromatic carbocycles. The van der Waals surface area contributed by atoms with E-state index in [4.69, 9.17) is 23.7 Å². The van der Waals surface area contributed by atoms with E-state index in [1.165, 1.54) is 12.0 Å². The number of fused-ring (bicyclic) bond motifs is 1. The number of nitrogens with zero attached hydrogens (tertiary/aromatic N) is 1. The maximum absolute atomic E-state index is 13.6. The third kappa shape index (κ3) is 5.60. The molecule has 3 aromatic rings. The molecular formula is C28H30N2O7S. The van der Waals surface area contributed by atoms with Gasteiger partial charge in [-0.1, -0.05) is 12.1 Å². The number of nitrogens with one attached hydrogen (secondary N) is 1. The molecule has 0 unspecified atom stereocenters. The van der Waals surface area contributed by atoms with Crippen LogP contribution in [0, 0.1) is 0 Å². The van der Waals surface area contributed by atoms with Crippen LogP contribution in [-0.2, 0) is 9.59 Å². The van der Waals surface area contributed by atoms with E-state index in [0.29, 0.717) is 40.1 Å². The number of carbonyl (C=O) groups excluding carboxylic acids is 2. The Kier molecular flexibility index (Phi) is 8.52. The zero-order valence-electron chi connectivity index (χ0n) is 21.9. The Hall–Kier alpha value is -4.05. The lowest BCUT2D eigenvalue weighted by Crippen LogP contribution is -2.38. The first kappa shape index (κ1) is 27.0. The van der Waals surface area contributed by atoms with E-state index in [-0.39, 0.29) is 30.0 Å². The second-order valence-electron chi connectivity index (χ2n) is 8.33. The number of methoxy groups -OCH3 is 5. The monoisotopic (exact) mass is 538 g/mol. The molecule has 1 aliphatic heterocycles. The lowest BCUT2D eigenvalue weighted by molar-refractivity contribution is -0.121. The Labute approximate surface area is 226 Å². The predicted molar refractivity (Wildman–Crippen MR) is 146 cm³/mol. The van der Waals surface area contributed by atoms with Gasteiger partial charge in [-0.05, 0) is 42.0 Å². The number of rotatable bonds is 9. The average molecular weight is 539 g/mol. The highest BCUT2D eigenvalue weighted by atomic mass is 32.2. The van der Waals surface area contributed by atoms with Gasteiger partial charge in [0.25, 0.3) is 0 Å². The third-order valence-electron chi connectivity index (χ3n) is 6.13. The van der Waals surface area contributed by atoms with Gasteiger partial charge in [0.2, 0.25) is 17.6 Å². The van der Waals surface area contributed by atoms with Crippen LogP contribution in [0.5, 0.6) is 28.7 Å². The van der Waals surface area contributed by atoms with Crippen molar-refractivity contribution in [1.82, 2.24) is 0 Å². The Morgan fingerprint density at radius 2 is 1.58 bits per heavy atom. The third-order valence-corrected chi connectivity index (χ3v) is 7.45. The zero-order chi connectivity index (χ0) is 27.2. The Morgan fingerprint density at radius 1 is 0.895 bits per heavy atom. The number of thioether (sulfide) groups is 1. The minimum absolute atomic E-state index is 0.160. The minimum Gasteiger partial charge on any atom is -0.497 e. The largest absolute Gasteiger partial charge is 0.497 e. The van der Waals surface area contributed by atoms with E-state index in [2.05, 4.69) is 5.32 Å². The van der Waals surface area contributed by atoms with Crippen molar-refractivity contribution in [2.75, 3.05) is 52.3 Å². The molecule has 0 radical (unpaired) electrons. The summed E-state index contributed by atoms with van der Waals surface area (Å²) in [5.41, 5.74) is 1.97. The number of ether oxygens (including phenoxy) is 5. The van der Waals surface area contributed by atoms with Gasteiger partial charge in [0.15, 0.2) is 11.5 Å². The summed E-state index contributed by atoms with van der Waals surface area (Å²) < 4.78 is 27.1. The molecule has 0 spiro atoms. The molecule has 0 bridgehead atoms. The van der Waals surface area contributed by atoms with Crippen molar-refractivity contribution in [2.45, 2.75) is 16.6 Å². The van der Waals surface area contributed by atoms with Crippen LogP contribution in [0.25, 0.3) is 0 Å². The second-order valence-corrected chi connectivity index (χ2v) is 9.58. The Bertz CT molecular complexity index is 1310. The highest BCUT2D eigenvalue weighted by molar-refractivity contribution is 7.99. The highest BCUT2D eigenvalue weighted by Crippen LogP contribution is 2.49. The van der Waals surface area contributed by atoms with Crippen molar-refractivity contribution in [3.8, 4) is 28.7 Å². The van der Waals surface area contributed by atoms with Gasteiger partial charge in [0.1, 0.15) is 18.0 Å². The van der Waals surface area contributed by atoms with Gasteiger partial charge in [-0.25, -0.2) is 0 Å². The molecule has 1 atom stereocenters. The summed E-state index contributed by atoms with van der Waals surface area (Å²) in [5, 5.41) is 2.60. The first-order valence-corrected chi connectivity index (χ1v) is 12.7. The molecule has 4 rings (SSSR count). The Morgan fingerprint density at radius 3 is 2.21 bits per heavy atom. The van der Waals surface area contributed by atoms with E-state index in [1.807, 2.05) is 36.4 Å². The molecule has 0 aliphatic carbocycles. The fourth-order valence-corrected chi connectivity index (χ4v) is 5.53. The summed E-state index contributed by atoms with van der Waals surface area (Å²) in [6.45, 7) is -0.168. The second kappa shape index (κ2) is 12.0. The first-order chi connectivity index (χ1) is 18.4. The quantitative estimate of drug-likeness (QED) is 0.410. The van der Waals surface area contributed by atoms with Crippen LogP contribution in [0.2, 0.25) is 0 Å². The smallest absolute Gasteiger partial charge is 0.244 e. The van der Waals surface area contributed by atoms with Crippen molar-refractivity contribution < 1.29 is 33.3 Å². The van der Waals surface area contributed by atoms with Crippen LogP contribution in [0.4, 0.5) is 11.4 Å². The number of amides is 2. The van der Waals surface area contributed by atoms with Crippen LogP contribution >= 0.6 is 11.8 Å². The maximum atomic E-state index is 13.6. The van der Waals surface area contributed by atoms with Crippen molar-refractivity contribution >= 4 is 35.0 Å². The number of para-hydroxylation sites is 1. The summed E-state index contributed by atoms with van der Waals surface area (Å²) in [5.74, 6) is 2.01. The standard InChI is InChI=1S/C28H30N2O7S/c1-33-18-10-11-21(34-2)19(14-18)29-26(31)16-30-20-8-6-7-9-24(20)38-25(15-27(30)32)17-12-22(35-3)28(37-5)23(13-17)36-4/h6-14,25H,15-16H2,1-5H3,(H,29,31)/t25-/m1/s1. The average Bonchev–Trinajstić information content (AvgIpc) is 3.08. The number of carbonyl (C=O) groups is 2. The topological polar surface area (TPSA) is 95.6 Å². The number of benzene rings is 3. The van der Waals surface area contributed by atoms with Crippen LogP contribution in [-0.4, -0.2) is 53.9 Å². The summed E-state index contributed by atoms with van der Waals surface area (Å²) in [7, 11) is 7.72. The predicted octanol–water partition coefficient (Wildman–Crippen LogP) is 4.94. The molecule has 38 heavy (non-hydrogen) atoms. The van der Waals surface area contributed by atoms with Crippen LogP contribution in [0.1, 0.15) is 17.2 Å². The minimum atomic E-state index is -0.365. The van der Waals surface area contributed by atoms with Gasteiger partial charge in [-0.3, -0.25) is 9.59 Å². The van der Waals surface area contributed by atoms with E-state index in [1.54, 1.807) is 58.4 Å². The molecule has 0 saturated heterocycles. The molecule has 1 aliphatic rings. The summed E-state index contributed by atoms with van der Waals surface area (Å²) in [4.78, 5) is 29.1. The van der Waals surface area contributed by atoms with Crippen LogP contribution in [0.15, 0.2) is 59.5 Å². The molecule has 0 aromatic heterocycles. The summed E-state index contributed by atoms with van der Waals surface area (Å²) in [6, 6.07) is 16.4. The van der Waals surface area contributed by atoms with E-state index < -0.39 is 0 Å². The SMILES string of the molecule is COc1ccc(OC)c(NC(=O)CN2C(=O)C[C@H](c3cc(OC)c(OC)c(OC)c3)Sc3ccccc32)c1. The van der Waals surface area contributed by atoms with Crippen LogP contribution in [0.3, 0.4) is 0 Å². The van der Waals surface area contributed by atoms with E-state index in [9.17, 15) is 9.59 Å². The van der Waals surface area contributed by atoms with Gasteiger partial charge in [0, 0.05) is 22.6 Å². The van der Waals surface area contributed by atoms with Gasteiger partial charge < -0.3 is 33.9 Å². The number of anilines is 2. The van der Waals surface area contributed by atoms with Crippen molar-refractivity contribution in [3.05, 3.63) is 60.2 Å². The Balaban J connectivity index is 1.63. The number of hydrogen-bond donors (Lipinski definition) is 1. The molecule has 0 saturated carbocycles. The normalized spacial score (nSPS) is 14.7. The maximum Gasteiger partial charge on any atom is 0.244 e. The van der Waals surface area contributed by atoms with Gasteiger partial charge in [-0.2, -0.15) is 0 Å². The fourth-order valence-electron chi connectivity index (χ4n) is 4.27. The zero-order valence-corrected chi connectivity index (χ0v) is 22.7. The molecule has 10 heteroatoms. The summed E-state index contributed by atoms with van der Waals surface area (Å²) >= 11 is 1.55. The summed E-state index contributed by atoms with van der Waals surface area (Å²) in [6.07, 6.45) is 0.160. The first-order valence-electron chi connectivity index (χ1n) is 11.8. The van der Waals surface area contributed by atoms with Crippen molar-refractivity contribution in [2.24, 2.45) is 0 Å². The van der Waals surface area contributed by atoms with E-state index >= 15 is 0 Å². The molecular weight excluding hydrogens is 508 g/mol. The highest BCUT2D eigenvalue weighted by Gasteiger charge is 2.31. The van der Waals surface area contributed by atoms with Gasteiger partial charge in [-0.15, -0.1) is 11.8 Å². The lowest BCUT2D eigenvalue weighted by Gasteiger charge is -2.22. The van der Waals surface area contributed by atoms with Crippen molar-refractivity contribution in [1.29, 1.82) is 0 Å². The number of hydrogen-bond acceptors (Lipinski definition) is 8. The van der Waals surface area contributed by atoms with Crippen molar-refractivity contribution in [3.63, 3.8) is 0 Å². The van der Waals surface area contributed by atoms with E-state index in [0.717, 1.165) is 10.5 Å². The molecule has 9 nitrogen and oxygen atoms in total. The molecule has 0 fully saturated rings. The van der Waals surface area contributed by atoms with Gasteiger partial charge >= 0.3 is 0 Å². The van der Waals surface area contributed by atoms with Gasteiger partial charge in [0.05, 0.1) is 46.9 Å². The molecule has 2 amide bonds. The molecule has 1 heterocycles. The van der Waals surface area contributed by atoms with Crippen LogP contribution < -0.4 is 33.9 Å². The fraction of sp³-hybridized carbons (Fsp3) is 0.286. The molecule has 1 N–H and O–H groups in total. The lowest BCUT2D eigenvalue weighted by atomic mass is 10.1. The molecule has 200 valence electrons.